The van der Waals surface area contributed by atoms with Gasteiger partial charge in [-0.1, -0.05) is 25.1 Å². The average molecular weight is 556 g/mol. The second-order valence-corrected chi connectivity index (χ2v) is 8.78. The maximum absolute atomic E-state index is 4.77. The van der Waals surface area contributed by atoms with Gasteiger partial charge >= 0.3 is 0 Å². The van der Waals surface area contributed by atoms with Crippen molar-refractivity contribution in [3.05, 3.63) is 48.8 Å². The van der Waals surface area contributed by atoms with Gasteiger partial charge in [-0.3, -0.25) is 9.89 Å². The molecule has 3 rings (SSSR count). The van der Waals surface area contributed by atoms with Gasteiger partial charge in [0.2, 0.25) is 5.95 Å². The zero-order chi connectivity index (χ0) is 21.0. The highest BCUT2D eigenvalue weighted by Gasteiger charge is 2.18. The molecule has 1 saturated heterocycles. The van der Waals surface area contributed by atoms with Crippen molar-refractivity contribution < 1.29 is 0 Å². The highest BCUT2D eigenvalue weighted by molar-refractivity contribution is 14.0. The molecule has 31 heavy (non-hydrogen) atoms. The largest absolute Gasteiger partial charge is 0.357 e. The molecule has 170 valence electrons. The first kappa shape index (κ1) is 25.7. The Morgan fingerprint density at radius 1 is 1.06 bits per heavy atom. The SMILES string of the molecule is CCNC(=NCC(C)Sc1ccccc1)NCCN1CCN(c2ncccn2)CC1.I. The smallest absolute Gasteiger partial charge is 0.225 e. The molecule has 1 unspecified atom stereocenters. The molecule has 9 heteroatoms. The van der Waals surface area contributed by atoms with Crippen LogP contribution < -0.4 is 15.5 Å². The van der Waals surface area contributed by atoms with Crippen LogP contribution >= 0.6 is 35.7 Å². The van der Waals surface area contributed by atoms with E-state index in [0.29, 0.717) is 5.25 Å². The van der Waals surface area contributed by atoms with Crippen LogP contribution in [-0.4, -0.2) is 78.4 Å². The number of benzene rings is 1. The molecule has 0 amide bonds. The fourth-order valence-electron chi connectivity index (χ4n) is 3.29. The maximum atomic E-state index is 4.77. The topological polar surface area (TPSA) is 68.7 Å². The molecule has 0 saturated carbocycles. The van der Waals surface area contributed by atoms with Gasteiger partial charge in [0, 0.05) is 68.4 Å². The Hall–Kier alpha value is -1.59. The van der Waals surface area contributed by atoms with E-state index in [1.54, 1.807) is 12.4 Å². The second kappa shape index (κ2) is 14.5. The number of nitrogens with one attached hydrogen (secondary N) is 2. The van der Waals surface area contributed by atoms with Crippen molar-refractivity contribution >= 4 is 47.6 Å². The zero-order valence-corrected chi connectivity index (χ0v) is 21.6. The number of rotatable bonds is 9. The molecule has 1 atom stereocenters. The third kappa shape index (κ3) is 9.20. The lowest BCUT2D eigenvalue weighted by atomic mass is 10.3. The predicted molar refractivity (Wildman–Crippen MR) is 142 cm³/mol. The van der Waals surface area contributed by atoms with E-state index in [4.69, 9.17) is 4.99 Å². The Balaban J connectivity index is 0.00000341. The maximum Gasteiger partial charge on any atom is 0.225 e. The molecule has 7 nitrogen and oxygen atoms in total. The van der Waals surface area contributed by atoms with Crippen LogP contribution in [0.15, 0.2) is 58.7 Å². The van der Waals surface area contributed by atoms with Crippen LogP contribution in [0.4, 0.5) is 5.95 Å². The van der Waals surface area contributed by atoms with E-state index in [2.05, 4.69) is 74.6 Å². The van der Waals surface area contributed by atoms with Gasteiger partial charge in [-0.05, 0) is 25.1 Å². The van der Waals surface area contributed by atoms with E-state index in [9.17, 15) is 0 Å². The van der Waals surface area contributed by atoms with E-state index in [1.807, 2.05) is 17.8 Å². The summed E-state index contributed by atoms with van der Waals surface area (Å²) >= 11 is 1.86. The molecular weight excluding hydrogens is 521 g/mol. The molecular formula is C22H34IN7S. The summed E-state index contributed by atoms with van der Waals surface area (Å²) < 4.78 is 0. The summed E-state index contributed by atoms with van der Waals surface area (Å²) in [6, 6.07) is 12.4. The summed E-state index contributed by atoms with van der Waals surface area (Å²) in [7, 11) is 0. The number of anilines is 1. The number of hydrogen-bond donors (Lipinski definition) is 2. The second-order valence-electron chi connectivity index (χ2n) is 7.27. The lowest BCUT2D eigenvalue weighted by Gasteiger charge is -2.34. The highest BCUT2D eigenvalue weighted by Crippen LogP contribution is 2.22. The summed E-state index contributed by atoms with van der Waals surface area (Å²) in [5, 5.41) is 7.26. The number of thioether (sulfide) groups is 1. The Morgan fingerprint density at radius 3 is 2.45 bits per heavy atom. The Morgan fingerprint density at radius 2 is 1.77 bits per heavy atom. The molecule has 1 aromatic heterocycles. The van der Waals surface area contributed by atoms with Crippen molar-refractivity contribution in [1.29, 1.82) is 0 Å². The van der Waals surface area contributed by atoms with Crippen LogP contribution in [0, 0.1) is 0 Å². The fourth-order valence-corrected chi connectivity index (χ4v) is 4.22. The summed E-state index contributed by atoms with van der Waals surface area (Å²) in [6.45, 7) is 11.8. The number of guanidine groups is 1. The van der Waals surface area contributed by atoms with Crippen molar-refractivity contribution in [2.24, 2.45) is 4.99 Å². The first-order valence-electron chi connectivity index (χ1n) is 10.7. The average Bonchev–Trinajstić information content (AvgIpc) is 2.79. The minimum Gasteiger partial charge on any atom is -0.357 e. The monoisotopic (exact) mass is 555 g/mol. The van der Waals surface area contributed by atoms with Crippen LogP contribution in [0.25, 0.3) is 0 Å². The summed E-state index contributed by atoms with van der Waals surface area (Å²) in [6.07, 6.45) is 3.61. The molecule has 0 bridgehead atoms. The Bertz CT molecular complexity index is 755. The number of piperazine rings is 1. The minimum absolute atomic E-state index is 0. The number of aromatic nitrogens is 2. The minimum atomic E-state index is 0. The van der Waals surface area contributed by atoms with E-state index < -0.39 is 0 Å². The van der Waals surface area contributed by atoms with Crippen molar-refractivity contribution in [1.82, 2.24) is 25.5 Å². The normalized spacial score (nSPS) is 15.8. The third-order valence-corrected chi connectivity index (χ3v) is 5.95. The first-order valence-corrected chi connectivity index (χ1v) is 11.6. The van der Waals surface area contributed by atoms with Gasteiger partial charge in [0.15, 0.2) is 5.96 Å². The number of nitrogens with zero attached hydrogens (tertiary/aromatic N) is 5. The summed E-state index contributed by atoms with van der Waals surface area (Å²) in [5.74, 6) is 1.73. The molecule has 0 spiro atoms. The van der Waals surface area contributed by atoms with Crippen molar-refractivity contribution in [3.63, 3.8) is 0 Å². The lowest BCUT2D eigenvalue weighted by molar-refractivity contribution is 0.260. The van der Waals surface area contributed by atoms with Gasteiger partial charge in [-0.25, -0.2) is 9.97 Å². The van der Waals surface area contributed by atoms with Crippen LogP contribution in [0.1, 0.15) is 13.8 Å². The standard InChI is InChI=1S/C22H33N7S.HI/c1-3-23-21(27-18-19(2)30-20-8-5-4-6-9-20)24-12-13-28-14-16-29(17-15-28)22-25-10-7-11-26-22;/h4-11,19H,3,12-18H2,1-2H3,(H2,23,24,27);1H. The molecule has 2 heterocycles. The third-order valence-electron chi connectivity index (χ3n) is 4.86. The quantitative estimate of drug-likeness (QED) is 0.214. The van der Waals surface area contributed by atoms with Crippen molar-refractivity contribution in [3.8, 4) is 0 Å². The lowest BCUT2D eigenvalue weighted by Crippen LogP contribution is -2.49. The van der Waals surface area contributed by atoms with Crippen molar-refractivity contribution in [2.75, 3.05) is 57.3 Å². The molecule has 1 aromatic carbocycles. The van der Waals surface area contributed by atoms with E-state index in [0.717, 1.165) is 64.3 Å². The van der Waals surface area contributed by atoms with E-state index >= 15 is 0 Å². The molecule has 2 aromatic rings. The zero-order valence-electron chi connectivity index (χ0n) is 18.4. The molecule has 1 aliphatic rings. The molecule has 1 fully saturated rings. The fraction of sp³-hybridized carbons (Fsp3) is 0.500. The van der Waals surface area contributed by atoms with E-state index in [-0.39, 0.29) is 24.0 Å². The van der Waals surface area contributed by atoms with Crippen LogP contribution in [0.3, 0.4) is 0 Å². The van der Waals surface area contributed by atoms with Crippen LogP contribution in [0.5, 0.6) is 0 Å². The van der Waals surface area contributed by atoms with E-state index in [1.165, 1.54) is 4.90 Å². The number of aliphatic imine (C=N–C) groups is 1. The van der Waals surface area contributed by atoms with Gasteiger partial charge < -0.3 is 15.5 Å². The number of halogens is 1. The first-order chi connectivity index (χ1) is 14.7. The molecule has 0 aliphatic carbocycles. The Kier molecular flexibility index (Phi) is 12.0. The van der Waals surface area contributed by atoms with Gasteiger partial charge in [-0.2, -0.15) is 0 Å². The predicted octanol–water partition coefficient (Wildman–Crippen LogP) is 2.95. The van der Waals surface area contributed by atoms with Crippen molar-refractivity contribution in [2.45, 2.75) is 24.0 Å². The number of hydrogen-bond acceptors (Lipinski definition) is 6. The van der Waals surface area contributed by atoms with Gasteiger partial charge in [0.25, 0.3) is 0 Å². The van der Waals surface area contributed by atoms with Gasteiger partial charge in [-0.15, -0.1) is 35.7 Å². The Labute approximate surface area is 207 Å². The molecule has 1 aliphatic heterocycles. The van der Waals surface area contributed by atoms with Crippen LogP contribution in [-0.2, 0) is 0 Å². The van der Waals surface area contributed by atoms with Gasteiger partial charge in [0.05, 0.1) is 6.54 Å². The van der Waals surface area contributed by atoms with Gasteiger partial charge in [0.1, 0.15) is 0 Å². The van der Waals surface area contributed by atoms with Crippen LogP contribution in [0.2, 0.25) is 0 Å². The molecule has 0 radical (unpaired) electrons. The highest BCUT2D eigenvalue weighted by atomic mass is 127. The summed E-state index contributed by atoms with van der Waals surface area (Å²) in [4.78, 5) is 19.5. The molecule has 2 N–H and O–H groups in total. The summed E-state index contributed by atoms with van der Waals surface area (Å²) in [5.41, 5.74) is 0.